The molecule has 16 heavy (non-hydrogen) atoms. The van der Waals surface area contributed by atoms with Crippen LogP contribution in [0.4, 0.5) is 0 Å². The van der Waals surface area contributed by atoms with Crippen LogP contribution in [0.15, 0.2) is 24.5 Å². The topological polar surface area (TPSA) is 59.2 Å². The normalized spacial score (nSPS) is 12.2. The third-order valence-electron chi connectivity index (χ3n) is 2.54. The summed E-state index contributed by atoms with van der Waals surface area (Å²) in [7, 11) is 1.81. The Labute approximate surface area is 96.5 Å². The highest BCUT2D eigenvalue weighted by Gasteiger charge is 2.16. The van der Waals surface area contributed by atoms with Crippen molar-refractivity contribution in [1.82, 2.24) is 9.88 Å². The second-order valence-corrected chi connectivity index (χ2v) is 4.03. The van der Waals surface area contributed by atoms with Gasteiger partial charge in [0, 0.05) is 31.9 Å². The number of amides is 1. The van der Waals surface area contributed by atoms with Gasteiger partial charge >= 0.3 is 0 Å². The van der Waals surface area contributed by atoms with E-state index in [9.17, 15) is 4.79 Å². The molecule has 1 amide bonds. The molecule has 1 heterocycles. The van der Waals surface area contributed by atoms with E-state index in [1.54, 1.807) is 17.3 Å². The Morgan fingerprint density at radius 1 is 1.62 bits per heavy atom. The second-order valence-electron chi connectivity index (χ2n) is 4.03. The summed E-state index contributed by atoms with van der Waals surface area (Å²) < 4.78 is 0. The predicted molar refractivity (Wildman–Crippen MR) is 63.5 cm³/mol. The van der Waals surface area contributed by atoms with E-state index in [2.05, 4.69) is 4.98 Å². The Kier molecular flexibility index (Phi) is 4.92. The maximum absolute atomic E-state index is 11.9. The minimum Gasteiger partial charge on any atom is -0.341 e. The number of carbonyl (C=O) groups is 1. The molecule has 1 aromatic rings. The van der Waals surface area contributed by atoms with E-state index >= 15 is 0 Å². The lowest BCUT2D eigenvalue weighted by Gasteiger charge is -2.21. The van der Waals surface area contributed by atoms with E-state index < -0.39 is 0 Å². The molecule has 0 spiro atoms. The lowest BCUT2D eigenvalue weighted by atomic mass is 10.1. The average molecular weight is 221 g/mol. The van der Waals surface area contributed by atoms with Gasteiger partial charge in [-0.2, -0.15) is 0 Å². The van der Waals surface area contributed by atoms with Gasteiger partial charge in [-0.25, -0.2) is 0 Å². The van der Waals surface area contributed by atoms with Gasteiger partial charge in [-0.1, -0.05) is 13.0 Å². The van der Waals surface area contributed by atoms with Gasteiger partial charge < -0.3 is 10.6 Å². The molecule has 0 aliphatic rings. The summed E-state index contributed by atoms with van der Waals surface area (Å²) in [4.78, 5) is 17.6. The molecule has 1 atom stereocenters. The third-order valence-corrected chi connectivity index (χ3v) is 2.54. The Hall–Kier alpha value is -1.42. The summed E-state index contributed by atoms with van der Waals surface area (Å²) in [5.41, 5.74) is 6.48. The molecule has 1 rings (SSSR count). The van der Waals surface area contributed by atoms with Crippen LogP contribution < -0.4 is 5.73 Å². The van der Waals surface area contributed by atoms with Gasteiger partial charge in [0.25, 0.3) is 0 Å². The molecule has 88 valence electrons. The first-order chi connectivity index (χ1) is 7.65. The number of carbonyl (C=O) groups excluding carboxylic acids is 1. The zero-order valence-corrected chi connectivity index (χ0v) is 9.89. The minimum atomic E-state index is -0.00771. The van der Waals surface area contributed by atoms with E-state index in [0.717, 1.165) is 12.0 Å². The maximum atomic E-state index is 11.9. The van der Waals surface area contributed by atoms with E-state index in [4.69, 9.17) is 5.73 Å². The van der Waals surface area contributed by atoms with Crippen LogP contribution in [-0.4, -0.2) is 29.4 Å². The van der Waals surface area contributed by atoms with E-state index in [0.29, 0.717) is 13.1 Å². The van der Waals surface area contributed by atoms with E-state index in [1.165, 1.54) is 0 Å². The standard InChI is InChI=1S/C12H19N3O/c1-10(5-6-13)12(16)15(2)9-11-4-3-7-14-8-11/h3-4,7-8,10H,5-6,9,13H2,1-2H3. The van der Waals surface area contributed by atoms with Crippen molar-refractivity contribution in [2.75, 3.05) is 13.6 Å². The fraction of sp³-hybridized carbons (Fsp3) is 0.500. The van der Waals surface area contributed by atoms with Crippen molar-refractivity contribution < 1.29 is 4.79 Å². The lowest BCUT2D eigenvalue weighted by Crippen LogP contribution is -2.32. The van der Waals surface area contributed by atoms with Crippen molar-refractivity contribution in [2.45, 2.75) is 19.9 Å². The summed E-state index contributed by atoms with van der Waals surface area (Å²) in [6, 6.07) is 3.83. The second kappa shape index (κ2) is 6.23. The number of aromatic nitrogens is 1. The Morgan fingerprint density at radius 3 is 2.94 bits per heavy atom. The number of hydrogen-bond donors (Lipinski definition) is 1. The number of hydrogen-bond acceptors (Lipinski definition) is 3. The van der Waals surface area contributed by atoms with Crippen LogP contribution >= 0.6 is 0 Å². The van der Waals surface area contributed by atoms with Gasteiger partial charge in [-0.05, 0) is 24.6 Å². The quantitative estimate of drug-likeness (QED) is 0.807. The maximum Gasteiger partial charge on any atom is 0.225 e. The molecule has 0 bridgehead atoms. The molecule has 2 N–H and O–H groups in total. The Morgan fingerprint density at radius 2 is 2.38 bits per heavy atom. The fourth-order valence-electron chi connectivity index (χ4n) is 1.59. The molecule has 4 heteroatoms. The molecule has 0 radical (unpaired) electrons. The fourth-order valence-corrected chi connectivity index (χ4v) is 1.59. The summed E-state index contributed by atoms with van der Waals surface area (Å²) in [6.45, 7) is 3.06. The van der Waals surface area contributed by atoms with Crippen molar-refractivity contribution in [3.05, 3.63) is 30.1 Å². The first kappa shape index (κ1) is 12.6. The van der Waals surface area contributed by atoms with Gasteiger partial charge in [-0.15, -0.1) is 0 Å². The molecular formula is C12H19N3O. The minimum absolute atomic E-state index is 0.00771. The zero-order chi connectivity index (χ0) is 12.0. The summed E-state index contributed by atoms with van der Waals surface area (Å²) in [5, 5.41) is 0. The predicted octanol–water partition coefficient (Wildman–Crippen LogP) is 1.02. The van der Waals surface area contributed by atoms with Crippen LogP contribution in [0.2, 0.25) is 0 Å². The first-order valence-corrected chi connectivity index (χ1v) is 5.49. The lowest BCUT2D eigenvalue weighted by molar-refractivity contribution is -0.134. The van der Waals surface area contributed by atoms with Crippen molar-refractivity contribution in [3.8, 4) is 0 Å². The van der Waals surface area contributed by atoms with Crippen LogP contribution in [-0.2, 0) is 11.3 Å². The first-order valence-electron chi connectivity index (χ1n) is 5.49. The Bertz CT molecular complexity index is 326. The molecule has 4 nitrogen and oxygen atoms in total. The monoisotopic (exact) mass is 221 g/mol. The molecule has 0 aromatic carbocycles. The van der Waals surface area contributed by atoms with Crippen LogP contribution in [0.5, 0.6) is 0 Å². The van der Waals surface area contributed by atoms with E-state index in [1.807, 2.05) is 26.1 Å². The molecule has 0 aliphatic carbocycles. The third kappa shape index (κ3) is 3.62. The van der Waals surface area contributed by atoms with Gasteiger partial charge in [0.1, 0.15) is 0 Å². The van der Waals surface area contributed by atoms with E-state index in [-0.39, 0.29) is 11.8 Å². The molecule has 0 saturated heterocycles. The van der Waals surface area contributed by atoms with Crippen LogP contribution in [0.1, 0.15) is 18.9 Å². The van der Waals surface area contributed by atoms with Gasteiger partial charge in [0.15, 0.2) is 0 Å². The number of rotatable bonds is 5. The molecule has 0 saturated carbocycles. The molecule has 1 unspecified atom stereocenters. The van der Waals surface area contributed by atoms with Crippen LogP contribution in [0, 0.1) is 5.92 Å². The number of nitrogens with two attached hydrogens (primary N) is 1. The zero-order valence-electron chi connectivity index (χ0n) is 9.89. The van der Waals surface area contributed by atoms with Gasteiger partial charge in [0.2, 0.25) is 5.91 Å². The highest BCUT2D eigenvalue weighted by Crippen LogP contribution is 2.08. The van der Waals surface area contributed by atoms with Crippen LogP contribution in [0.3, 0.4) is 0 Å². The van der Waals surface area contributed by atoms with Crippen molar-refractivity contribution >= 4 is 5.91 Å². The number of nitrogens with zero attached hydrogens (tertiary/aromatic N) is 2. The Balaban J connectivity index is 2.52. The molecular weight excluding hydrogens is 202 g/mol. The largest absolute Gasteiger partial charge is 0.341 e. The van der Waals surface area contributed by atoms with Crippen molar-refractivity contribution in [1.29, 1.82) is 0 Å². The van der Waals surface area contributed by atoms with Gasteiger partial charge in [0.05, 0.1) is 0 Å². The SMILES string of the molecule is CC(CCN)C(=O)N(C)Cc1cccnc1. The van der Waals surface area contributed by atoms with Crippen molar-refractivity contribution in [2.24, 2.45) is 11.7 Å². The van der Waals surface area contributed by atoms with Gasteiger partial charge in [-0.3, -0.25) is 9.78 Å². The molecule has 0 aliphatic heterocycles. The summed E-state index contributed by atoms with van der Waals surface area (Å²) in [5.74, 6) is 0.126. The highest BCUT2D eigenvalue weighted by molar-refractivity contribution is 5.78. The molecule has 0 fully saturated rings. The summed E-state index contributed by atoms with van der Waals surface area (Å²) in [6.07, 6.45) is 4.23. The number of pyridine rings is 1. The molecule has 1 aromatic heterocycles. The summed E-state index contributed by atoms with van der Waals surface area (Å²) >= 11 is 0. The smallest absolute Gasteiger partial charge is 0.225 e. The van der Waals surface area contributed by atoms with Crippen molar-refractivity contribution in [3.63, 3.8) is 0 Å². The van der Waals surface area contributed by atoms with Crippen LogP contribution in [0.25, 0.3) is 0 Å². The average Bonchev–Trinajstić information content (AvgIpc) is 2.29. The highest BCUT2D eigenvalue weighted by atomic mass is 16.2.